The minimum absolute atomic E-state index is 0.240. The van der Waals surface area contributed by atoms with Crippen molar-refractivity contribution in [1.29, 1.82) is 5.26 Å². The van der Waals surface area contributed by atoms with E-state index >= 15 is 0 Å². The summed E-state index contributed by atoms with van der Waals surface area (Å²) in [5.41, 5.74) is 9.06. The molecule has 0 spiro atoms. The van der Waals surface area contributed by atoms with Crippen LogP contribution in [-0.2, 0) is 0 Å². The van der Waals surface area contributed by atoms with Crippen molar-refractivity contribution in [3.63, 3.8) is 0 Å². The lowest BCUT2D eigenvalue weighted by atomic mass is 10.1. The molecule has 2 aromatic carbocycles. The van der Waals surface area contributed by atoms with Crippen molar-refractivity contribution in [2.75, 3.05) is 5.43 Å². The van der Waals surface area contributed by atoms with E-state index in [2.05, 4.69) is 21.9 Å². The number of aromatic nitrogens is 2. The van der Waals surface area contributed by atoms with Gasteiger partial charge in [-0.1, -0.05) is 29.8 Å². The average Bonchev–Trinajstić information content (AvgIpc) is 3.04. The number of imidazole rings is 1. The van der Waals surface area contributed by atoms with Gasteiger partial charge in [-0.3, -0.25) is 9.20 Å². The van der Waals surface area contributed by atoms with E-state index in [1.807, 2.05) is 36.4 Å². The van der Waals surface area contributed by atoms with Gasteiger partial charge < -0.3 is 10.9 Å². The van der Waals surface area contributed by atoms with Crippen LogP contribution in [0.3, 0.4) is 0 Å². The van der Waals surface area contributed by atoms with Crippen LogP contribution in [0.25, 0.3) is 22.9 Å². The minimum Gasteiger partial charge on any atom is -0.307 e. The SMILES string of the molecule is Cc1c(C#N)c2nc3ccccc3n2c(=O)/c1=C/NNc1cccc(Cl)c1. The lowest BCUT2D eigenvalue weighted by molar-refractivity contribution is 1.06. The molecule has 0 bridgehead atoms. The summed E-state index contributed by atoms with van der Waals surface area (Å²) in [4.78, 5) is 17.5. The fourth-order valence-electron chi connectivity index (χ4n) is 3.04. The van der Waals surface area contributed by atoms with Gasteiger partial charge in [0.15, 0.2) is 5.65 Å². The van der Waals surface area contributed by atoms with Crippen LogP contribution >= 0.6 is 11.6 Å². The van der Waals surface area contributed by atoms with E-state index in [4.69, 9.17) is 11.6 Å². The van der Waals surface area contributed by atoms with Gasteiger partial charge in [-0.15, -0.1) is 0 Å². The molecule has 0 aliphatic rings. The molecule has 0 atom stereocenters. The van der Waals surface area contributed by atoms with Crippen LogP contribution in [-0.4, -0.2) is 9.38 Å². The Bertz CT molecular complexity index is 1340. The number of hydrogen-bond acceptors (Lipinski definition) is 5. The monoisotopic (exact) mass is 375 g/mol. The molecule has 132 valence electrons. The van der Waals surface area contributed by atoms with Gasteiger partial charge in [0, 0.05) is 11.2 Å². The number of nitriles is 1. The summed E-state index contributed by atoms with van der Waals surface area (Å²) in [7, 11) is 0. The summed E-state index contributed by atoms with van der Waals surface area (Å²) >= 11 is 5.96. The molecule has 2 heterocycles. The first kappa shape index (κ1) is 16.9. The maximum absolute atomic E-state index is 13.1. The Hall–Kier alpha value is -3.56. The number of nitrogens with zero attached hydrogens (tertiary/aromatic N) is 3. The maximum Gasteiger partial charge on any atom is 0.265 e. The smallest absolute Gasteiger partial charge is 0.265 e. The molecule has 0 aliphatic carbocycles. The van der Waals surface area contributed by atoms with Gasteiger partial charge in [0.05, 0.1) is 27.5 Å². The summed E-state index contributed by atoms with van der Waals surface area (Å²) < 4.78 is 1.48. The van der Waals surface area contributed by atoms with Crippen molar-refractivity contribution in [3.05, 3.63) is 80.3 Å². The van der Waals surface area contributed by atoms with E-state index < -0.39 is 0 Å². The predicted molar refractivity (Wildman–Crippen MR) is 106 cm³/mol. The van der Waals surface area contributed by atoms with Crippen LogP contribution in [0.5, 0.6) is 0 Å². The van der Waals surface area contributed by atoms with Crippen molar-refractivity contribution >= 4 is 40.2 Å². The Morgan fingerprint density at radius 2 is 2.04 bits per heavy atom. The Kier molecular flexibility index (Phi) is 4.15. The molecule has 2 N–H and O–H groups in total. The van der Waals surface area contributed by atoms with E-state index in [0.717, 1.165) is 5.69 Å². The molecule has 4 rings (SSSR count). The molecule has 7 heteroatoms. The highest BCUT2D eigenvalue weighted by Crippen LogP contribution is 2.17. The fraction of sp³-hybridized carbons (Fsp3) is 0.0500. The zero-order valence-corrected chi connectivity index (χ0v) is 15.1. The Morgan fingerprint density at radius 1 is 1.22 bits per heavy atom. The Labute approximate surface area is 159 Å². The number of nitrogens with one attached hydrogen (secondary N) is 2. The molecule has 4 aromatic rings. The van der Waals surface area contributed by atoms with Crippen molar-refractivity contribution in [2.24, 2.45) is 0 Å². The normalized spacial score (nSPS) is 11.7. The molecule has 0 amide bonds. The quantitative estimate of drug-likeness (QED) is 0.538. The van der Waals surface area contributed by atoms with Crippen molar-refractivity contribution in [3.8, 4) is 6.07 Å². The molecular weight excluding hydrogens is 362 g/mol. The molecule has 0 aliphatic heterocycles. The largest absolute Gasteiger partial charge is 0.307 e. The number of para-hydroxylation sites is 2. The lowest BCUT2D eigenvalue weighted by Crippen LogP contribution is -2.36. The summed E-state index contributed by atoms with van der Waals surface area (Å²) in [6, 6.07) is 16.7. The molecule has 0 saturated carbocycles. The Morgan fingerprint density at radius 3 is 2.81 bits per heavy atom. The predicted octanol–water partition coefficient (Wildman–Crippen LogP) is 2.75. The second-order valence-corrected chi connectivity index (χ2v) is 6.45. The van der Waals surface area contributed by atoms with Crippen molar-refractivity contribution in [1.82, 2.24) is 14.8 Å². The zero-order valence-electron chi connectivity index (χ0n) is 14.3. The summed E-state index contributed by atoms with van der Waals surface area (Å²) in [6.07, 6.45) is 1.55. The topological polar surface area (TPSA) is 82.2 Å². The number of halogens is 1. The molecule has 0 unspecified atom stereocenters. The molecule has 0 saturated heterocycles. The van der Waals surface area contributed by atoms with Crippen molar-refractivity contribution < 1.29 is 0 Å². The third kappa shape index (κ3) is 2.84. The van der Waals surface area contributed by atoms with E-state index in [1.165, 1.54) is 4.40 Å². The van der Waals surface area contributed by atoms with E-state index in [9.17, 15) is 10.1 Å². The number of hydrazine groups is 1. The van der Waals surface area contributed by atoms with Gasteiger partial charge >= 0.3 is 0 Å². The number of anilines is 1. The van der Waals surface area contributed by atoms with Crippen LogP contribution < -0.4 is 21.6 Å². The van der Waals surface area contributed by atoms with Crippen LogP contribution in [0, 0.1) is 18.3 Å². The van der Waals surface area contributed by atoms with Gasteiger partial charge in [0.1, 0.15) is 6.07 Å². The van der Waals surface area contributed by atoms with Gasteiger partial charge in [-0.2, -0.15) is 5.26 Å². The Balaban J connectivity index is 1.88. The highest BCUT2D eigenvalue weighted by atomic mass is 35.5. The lowest BCUT2D eigenvalue weighted by Gasteiger charge is -2.07. The number of fused-ring (bicyclic) bond motifs is 3. The van der Waals surface area contributed by atoms with Crippen LogP contribution in [0.2, 0.25) is 5.02 Å². The molecule has 6 nitrogen and oxygen atoms in total. The maximum atomic E-state index is 13.1. The first-order valence-corrected chi connectivity index (χ1v) is 8.59. The number of pyridine rings is 1. The van der Waals surface area contributed by atoms with E-state index in [-0.39, 0.29) is 5.56 Å². The molecular formula is C20H14ClN5O. The van der Waals surface area contributed by atoms with Gasteiger partial charge in [-0.05, 0) is 42.8 Å². The van der Waals surface area contributed by atoms with Crippen molar-refractivity contribution in [2.45, 2.75) is 6.92 Å². The summed E-state index contributed by atoms with van der Waals surface area (Å²) in [6.45, 7) is 1.74. The first-order chi connectivity index (χ1) is 13.1. The number of hydrogen-bond donors (Lipinski definition) is 2. The van der Waals surface area contributed by atoms with E-state index in [1.54, 1.807) is 25.3 Å². The number of rotatable bonds is 3. The minimum atomic E-state index is -0.240. The zero-order chi connectivity index (χ0) is 19.0. The third-order valence-corrected chi connectivity index (χ3v) is 4.60. The van der Waals surface area contributed by atoms with Crippen LogP contribution in [0.1, 0.15) is 11.1 Å². The molecule has 0 fully saturated rings. The van der Waals surface area contributed by atoms with Gasteiger partial charge in [0.2, 0.25) is 0 Å². The molecule has 27 heavy (non-hydrogen) atoms. The first-order valence-electron chi connectivity index (χ1n) is 8.21. The van der Waals surface area contributed by atoms with Gasteiger partial charge in [-0.25, -0.2) is 4.98 Å². The average molecular weight is 376 g/mol. The standard InChI is InChI=1S/C20H14ClN5O/c1-12-15(10-22)19-24-17-7-2-3-8-18(17)26(19)20(27)16(12)11-23-25-14-6-4-5-13(21)9-14/h2-9,11,23,25H,1H3/b16-11+. The van der Waals surface area contributed by atoms with Crippen LogP contribution in [0.15, 0.2) is 53.3 Å². The second kappa shape index (κ2) is 6.63. The van der Waals surface area contributed by atoms with Gasteiger partial charge in [0.25, 0.3) is 5.56 Å². The fourth-order valence-corrected chi connectivity index (χ4v) is 3.23. The molecule has 2 aromatic heterocycles. The highest BCUT2D eigenvalue weighted by Gasteiger charge is 2.15. The summed E-state index contributed by atoms with van der Waals surface area (Å²) in [5, 5.41) is 10.6. The van der Waals surface area contributed by atoms with E-state index in [0.29, 0.717) is 38.0 Å². The third-order valence-electron chi connectivity index (χ3n) is 4.37. The number of benzene rings is 2. The highest BCUT2D eigenvalue weighted by molar-refractivity contribution is 6.30. The second-order valence-electron chi connectivity index (χ2n) is 6.01. The van der Waals surface area contributed by atoms with Crippen LogP contribution in [0.4, 0.5) is 5.69 Å². The molecule has 0 radical (unpaired) electrons. The summed E-state index contributed by atoms with van der Waals surface area (Å²) in [5.74, 6) is 0.